The predicted molar refractivity (Wildman–Crippen MR) is 62.4 cm³/mol. The Hall–Kier alpha value is -1.89. The molecule has 0 aromatic carbocycles. The molecule has 1 aromatic heterocycles. The summed E-state index contributed by atoms with van der Waals surface area (Å²) >= 11 is 0. The third kappa shape index (κ3) is 3.06. The molecular formula is C12H15N3O. The third-order valence-corrected chi connectivity index (χ3v) is 2.35. The zero-order valence-electron chi connectivity index (χ0n) is 9.60. The lowest BCUT2D eigenvalue weighted by molar-refractivity contribution is 0.101. The molecule has 4 nitrogen and oxygen atoms in total. The van der Waals surface area contributed by atoms with Gasteiger partial charge in [-0.2, -0.15) is 5.26 Å². The van der Waals surface area contributed by atoms with Crippen LogP contribution in [0.4, 0.5) is 5.69 Å². The van der Waals surface area contributed by atoms with E-state index in [0.717, 1.165) is 12.2 Å². The number of rotatable bonds is 5. The van der Waals surface area contributed by atoms with Crippen LogP contribution >= 0.6 is 0 Å². The number of hydrogen-bond acceptors (Lipinski definition) is 4. The maximum Gasteiger partial charge on any atom is 0.178 e. The molecule has 0 spiro atoms. The Kier molecular flexibility index (Phi) is 4.46. The number of nitriles is 1. The van der Waals surface area contributed by atoms with Crippen molar-refractivity contribution in [3.8, 4) is 6.07 Å². The Morgan fingerprint density at radius 3 is 2.75 bits per heavy atom. The molecular weight excluding hydrogens is 202 g/mol. The van der Waals surface area contributed by atoms with Crippen LogP contribution in [0.5, 0.6) is 0 Å². The maximum absolute atomic E-state index is 11.0. The highest BCUT2D eigenvalue weighted by Gasteiger charge is 2.05. The number of ketones is 1. The smallest absolute Gasteiger partial charge is 0.178 e. The molecule has 0 aliphatic rings. The Morgan fingerprint density at radius 1 is 1.56 bits per heavy atom. The monoisotopic (exact) mass is 217 g/mol. The summed E-state index contributed by atoms with van der Waals surface area (Å²) in [7, 11) is 0. The second kappa shape index (κ2) is 5.86. The van der Waals surface area contributed by atoms with Crippen LogP contribution in [-0.4, -0.2) is 23.9 Å². The lowest BCUT2D eigenvalue weighted by atomic mass is 10.2. The minimum Gasteiger partial charge on any atom is -0.370 e. The maximum atomic E-state index is 11.0. The van der Waals surface area contributed by atoms with Crippen molar-refractivity contribution in [3.05, 3.63) is 24.0 Å². The van der Waals surface area contributed by atoms with Gasteiger partial charge in [0.05, 0.1) is 24.4 Å². The number of Topliss-reactive ketones (excluding diaryl/α,β-unsaturated/α-hetero) is 1. The molecule has 1 rings (SSSR count). The van der Waals surface area contributed by atoms with Crippen molar-refractivity contribution in [1.82, 2.24) is 4.98 Å². The first-order valence-corrected chi connectivity index (χ1v) is 5.28. The summed E-state index contributed by atoms with van der Waals surface area (Å²) in [5.41, 5.74) is 1.42. The molecule has 16 heavy (non-hydrogen) atoms. The predicted octanol–water partition coefficient (Wildman–Crippen LogP) is 2.02. The average Bonchev–Trinajstić information content (AvgIpc) is 2.30. The SMILES string of the molecule is CCN(CCC#N)c1ccc(C(C)=O)nc1. The van der Waals surface area contributed by atoms with Crippen LogP contribution in [0.3, 0.4) is 0 Å². The van der Waals surface area contributed by atoms with E-state index in [2.05, 4.69) is 16.0 Å². The van der Waals surface area contributed by atoms with Crippen molar-refractivity contribution in [2.24, 2.45) is 0 Å². The molecule has 0 radical (unpaired) electrons. The Labute approximate surface area is 95.5 Å². The van der Waals surface area contributed by atoms with Crippen LogP contribution in [0.1, 0.15) is 30.8 Å². The quantitative estimate of drug-likeness (QED) is 0.708. The second-order valence-electron chi connectivity index (χ2n) is 3.45. The summed E-state index contributed by atoms with van der Waals surface area (Å²) in [6.07, 6.45) is 2.17. The molecule has 0 amide bonds. The van der Waals surface area contributed by atoms with E-state index >= 15 is 0 Å². The van der Waals surface area contributed by atoms with E-state index in [1.165, 1.54) is 6.92 Å². The average molecular weight is 217 g/mol. The highest BCUT2D eigenvalue weighted by molar-refractivity contribution is 5.92. The van der Waals surface area contributed by atoms with Crippen LogP contribution < -0.4 is 4.90 Å². The van der Waals surface area contributed by atoms with Crippen LogP contribution in [0.15, 0.2) is 18.3 Å². The normalized spacial score (nSPS) is 9.56. The summed E-state index contributed by atoms with van der Waals surface area (Å²) in [5, 5.41) is 8.54. The zero-order chi connectivity index (χ0) is 12.0. The number of carbonyl (C=O) groups is 1. The highest BCUT2D eigenvalue weighted by Crippen LogP contribution is 2.13. The van der Waals surface area contributed by atoms with Crippen molar-refractivity contribution >= 4 is 11.5 Å². The number of anilines is 1. The van der Waals surface area contributed by atoms with Gasteiger partial charge in [0.1, 0.15) is 5.69 Å². The fourth-order valence-corrected chi connectivity index (χ4v) is 1.44. The van der Waals surface area contributed by atoms with Gasteiger partial charge in [-0.05, 0) is 19.1 Å². The van der Waals surface area contributed by atoms with Crippen molar-refractivity contribution in [1.29, 1.82) is 5.26 Å². The Bertz CT molecular complexity index is 392. The van der Waals surface area contributed by atoms with E-state index < -0.39 is 0 Å². The van der Waals surface area contributed by atoms with Gasteiger partial charge in [-0.15, -0.1) is 0 Å². The van der Waals surface area contributed by atoms with Crippen molar-refractivity contribution in [2.75, 3.05) is 18.0 Å². The van der Waals surface area contributed by atoms with Gasteiger partial charge in [0.25, 0.3) is 0 Å². The molecule has 1 aromatic rings. The lowest BCUT2D eigenvalue weighted by Crippen LogP contribution is -2.23. The second-order valence-corrected chi connectivity index (χ2v) is 3.45. The highest BCUT2D eigenvalue weighted by atomic mass is 16.1. The molecule has 0 saturated carbocycles. The number of aromatic nitrogens is 1. The van der Waals surface area contributed by atoms with E-state index in [1.807, 2.05) is 13.0 Å². The molecule has 0 atom stereocenters. The molecule has 4 heteroatoms. The van der Waals surface area contributed by atoms with Gasteiger partial charge >= 0.3 is 0 Å². The standard InChI is InChI=1S/C12H15N3O/c1-3-15(8-4-7-13)11-5-6-12(10(2)16)14-9-11/h5-6,9H,3-4,8H2,1-2H3. The van der Waals surface area contributed by atoms with Crippen molar-refractivity contribution in [2.45, 2.75) is 20.3 Å². The summed E-state index contributed by atoms with van der Waals surface area (Å²) in [4.78, 5) is 17.2. The molecule has 0 aliphatic heterocycles. The van der Waals surface area contributed by atoms with Crippen molar-refractivity contribution in [3.63, 3.8) is 0 Å². The minimum absolute atomic E-state index is 0.0355. The van der Waals surface area contributed by atoms with Gasteiger partial charge in [-0.25, -0.2) is 0 Å². The van der Waals surface area contributed by atoms with Crippen LogP contribution in [0.25, 0.3) is 0 Å². The van der Waals surface area contributed by atoms with E-state index in [1.54, 1.807) is 12.3 Å². The lowest BCUT2D eigenvalue weighted by Gasteiger charge is -2.21. The van der Waals surface area contributed by atoms with E-state index in [4.69, 9.17) is 5.26 Å². The minimum atomic E-state index is -0.0355. The largest absolute Gasteiger partial charge is 0.370 e. The molecule has 0 fully saturated rings. The number of carbonyl (C=O) groups excluding carboxylic acids is 1. The zero-order valence-corrected chi connectivity index (χ0v) is 9.60. The summed E-state index contributed by atoms with van der Waals surface area (Å²) in [6, 6.07) is 5.70. The molecule has 0 bridgehead atoms. The topological polar surface area (TPSA) is 57.0 Å². The number of nitrogens with zero attached hydrogens (tertiary/aromatic N) is 3. The van der Waals surface area contributed by atoms with E-state index in [0.29, 0.717) is 18.7 Å². The third-order valence-electron chi connectivity index (χ3n) is 2.35. The molecule has 0 saturated heterocycles. The summed E-state index contributed by atoms with van der Waals surface area (Å²) in [6.45, 7) is 5.03. The van der Waals surface area contributed by atoms with Crippen LogP contribution in [-0.2, 0) is 0 Å². The van der Waals surface area contributed by atoms with Crippen LogP contribution in [0, 0.1) is 11.3 Å². The first-order valence-electron chi connectivity index (χ1n) is 5.28. The summed E-state index contributed by atoms with van der Waals surface area (Å²) < 4.78 is 0. The molecule has 0 unspecified atom stereocenters. The summed E-state index contributed by atoms with van der Waals surface area (Å²) in [5.74, 6) is -0.0355. The van der Waals surface area contributed by atoms with Gasteiger partial charge in [0, 0.05) is 20.0 Å². The molecule has 0 N–H and O–H groups in total. The van der Waals surface area contributed by atoms with Crippen molar-refractivity contribution < 1.29 is 4.79 Å². The van der Waals surface area contributed by atoms with Gasteiger partial charge < -0.3 is 4.90 Å². The van der Waals surface area contributed by atoms with E-state index in [-0.39, 0.29) is 5.78 Å². The fraction of sp³-hybridized carbons (Fsp3) is 0.417. The first kappa shape index (κ1) is 12.2. The van der Waals surface area contributed by atoms with Gasteiger partial charge in [0.2, 0.25) is 0 Å². The first-order chi connectivity index (χ1) is 7.69. The van der Waals surface area contributed by atoms with Gasteiger partial charge in [0.15, 0.2) is 5.78 Å². The van der Waals surface area contributed by atoms with Gasteiger partial charge in [-0.1, -0.05) is 0 Å². The number of pyridine rings is 1. The Balaban J connectivity index is 2.78. The molecule has 84 valence electrons. The van der Waals surface area contributed by atoms with Crippen LogP contribution in [0.2, 0.25) is 0 Å². The molecule has 0 aliphatic carbocycles. The fourth-order valence-electron chi connectivity index (χ4n) is 1.44. The molecule has 1 heterocycles. The number of hydrogen-bond donors (Lipinski definition) is 0. The van der Waals surface area contributed by atoms with Gasteiger partial charge in [-0.3, -0.25) is 9.78 Å². The van der Waals surface area contributed by atoms with E-state index in [9.17, 15) is 4.79 Å². The Morgan fingerprint density at radius 2 is 2.31 bits per heavy atom.